The average Bonchev–Trinajstić information content (AvgIpc) is 3.21. The van der Waals surface area contributed by atoms with Crippen LogP contribution in [-0.2, 0) is 9.53 Å². The summed E-state index contributed by atoms with van der Waals surface area (Å²) in [5, 5.41) is 5.10. The Morgan fingerprint density at radius 3 is 2.48 bits per heavy atom. The van der Waals surface area contributed by atoms with E-state index in [1.165, 1.54) is 17.4 Å². The maximum absolute atomic E-state index is 12.7. The zero-order valence-electron chi connectivity index (χ0n) is 18.7. The summed E-state index contributed by atoms with van der Waals surface area (Å²) in [5.41, 5.74) is 3.81. The normalized spacial score (nSPS) is 10.8. The summed E-state index contributed by atoms with van der Waals surface area (Å²) >= 11 is 4.72. The first kappa shape index (κ1) is 24.5. The summed E-state index contributed by atoms with van der Waals surface area (Å²) in [6.07, 6.45) is 3.05. The molecular formula is C25H24BrNO5S. The minimum absolute atomic E-state index is 0.240. The van der Waals surface area contributed by atoms with Crippen molar-refractivity contribution in [3.8, 4) is 22.6 Å². The zero-order chi connectivity index (χ0) is 24.0. The largest absolute Gasteiger partial charge is 0.493 e. The summed E-state index contributed by atoms with van der Waals surface area (Å²) in [4.78, 5) is 25.4. The lowest BCUT2D eigenvalue weighted by atomic mass is 10.0. The predicted octanol–water partition coefficient (Wildman–Crippen LogP) is 6.33. The maximum atomic E-state index is 12.7. The topological polar surface area (TPSA) is 73.9 Å². The van der Waals surface area contributed by atoms with Crippen LogP contribution in [-0.4, -0.2) is 32.7 Å². The Kier molecular flexibility index (Phi) is 8.30. The molecule has 0 atom stereocenters. The second-order valence-electron chi connectivity index (χ2n) is 7.00. The van der Waals surface area contributed by atoms with Crippen LogP contribution in [0.3, 0.4) is 0 Å². The summed E-state index contributed by atoms with van der Waals surface area (Å²) < 4.78 is 16.6. The highest BCUT2D eigenvalue weighted by atomic mass is 79.9. The number of aryl methyl sites for hydroxylation is 1. The number of carbonyl (C=O) groups excluding carboxylic acids is 2. The van der Waals surface area contributed by atoms with E-state index < -0.39 is 5.97 Å². The third kappa shape index (κ3) is 5.83. The Bertz CT molecular complexity index is 1180. The van der Waals surface area contributed by atoms with E-state index in [-0.39, 0.29) is 12.5 Å². The van der Waals surface area contributed by atoms with Crippen LogP contribution in [0, 0.1) is 6.92 Å². The SMILES string of the molecule is CCOC(=O)c1c(-c2ccc(C)cc2)csc1NC(=O)C=Cc1cc(Br)c(OC)c(OC)c1. The summed E-state index contributed by atoms with van der Waals surface area (Å²) in [6, 6.07) is 11.4. The van der Waals surface area contributed by atoms with Crippen LogP contribution in [0.2, 0.25) is 0 Å². The molecule has 0 saturated heterocycles. The second-order valence-corrected chi connectivity index (χ2v) is 8.73. The number of hydrogen-bond donors (Lipinski definition) is 1. The summed E-state index contributed by atoms with van der Waals surface area (Å²) in [5.74, 6) is 0.263. The van der Waals surface area contributed by atoms with Crippen molar-refractivity contribution in [1.29, 1.82) is 0 Å². The van der Waals surface area contributed by atoms with Crippen molar-refractivity contribution in [2.24, 2.45) is 0 Å². The van der Waals surface area contributed by atoms with Gasteiger partial charge < -0.3 is 19.5 Å². The Morgan fingerprint density at radius 2 is 1.85 bits per heavy atom. The Balaban J connectivity index is 1.87. The number of esters is 1. The first-order chi connectivity index (χ1) is 15.9. The standard InChI is InChI=1S/C25H24BrNO5S/c1-5-32-25(29)22-18(17-9-6-15(2)7-10-17)14-33-24(22)27-21(28)11-8-16-12-19(26)23(31-4)20(13-16)30-3/h6-14H,5H2,1-4H3,(H,27,28). The number of halogens is 1. The van der Waals surface area contributed by atoms with Gasteiger partial charge in [-0.15, -0.1) is 11.3 Å². The van der Waals surface area contributed by atoms with E-state index in [1.807, 2.05) is 42.6 Å². The molecule has 0 aliphatic heterocycles. The van der Waals surface area contributed by atoms with Gasteiger partial charge in [-0.1, -0.05) is 29.8 Å². The number of methoxy groups -OCH3 is 2. The van der Waals surface area contributed by atoms with Crippen LogP contribution in [0.1, 0.15) is 28.4 Å². The van der Waals surface area contributed by atoms with Crippen LogP contribution in [0.15, 0.2) is 52.3 Å². The smallest absolute Gasteiger partial charge is 0.341 e. The van der Waals surface area contributed by atoms with E-state index >= 15 is 0 Å². The molecule has 6 nitrogen and oxygen atoms in total. The van der Waals surface area contributed by atoms with Crippen LogP contribution >= 0.6 is 27.3 Å². The molecule has 0 saturated carbocycles. The number of anilines is 1. The van der Waals surface area contributed by atoms with Gasteiger partial charge in [-0.05, 0) is 59.1 Å². The van der Waals surface area contributed by atoms with E-state index in [0.717, 1.165) is 22.3 Å². The van der Waals surface area contributed by atoms with E-state index in [0.29, 0.717) is 26.5 Å². The molecule has 1 aromatic heterocycles. The van der Waals surface area contributed by atoms with Crippen LogP contribution < -0.4 is 14.8 Å². The Morgan fingerprint density at radius 1 is 1.12 bits per heavy atom. The molecule has 1 N–H and O–H groups in total. The third-order valence-corrected chi connectivity index (χ3v) is 6.24. The summed E-state index contributed by atoms with van der Waals surface area (Å²) in [6.45, 7) is 3.99. The van der Waals surface area contributed by atoms with Crippen LogP contribution in [0.5, 0.6) is 11.5 Å². The van der Waals surface area contributed by atoms with Gasteiger partial charge in [0.25, 0.3) is 0 Å². The Hall–Kier alpha value is -3.10. The van der Waals surface area contributed by atoms with Crippen molar-refractivity contribution in [3.05, 3.63) is 69.0 Å². The Labute approximate surface area is 205 Å². The molecule has 1 amide bonds. The van der Waals surface area contributed by atoms with E-state index in [2.05, 4.69) is 21.2 Å². The lowest BCUT2D eigenvalue weighted by Gasteiger charge is -2.10. The first-order valence-corrected chi connectivity index (χ1v) is 11.8. The first-order valence-electron chi connectivity index (χ1n) is 10.1. The molecule has 33 heavy (non-hydrogen) atoms. The van der Waals surface area contributed by atoms with E-state index in [9.17, 15) is 9.59 Å². The van der Waals surface area contributed by atoms with Crippen molar-refractivity contribution in [1.82, 2.24) is 0 Å². The van der Waals surface area contributed by atoms with Crippen molar-refractivity contribution in [2.45, 2.75) is 13.8 Å². The number of benzene rings is 2. The van der Waals surface area contributed by atoms with E-state index in [1.54, 1.807) is 33.3 Å². The van der Waals surface area contributed by atoms with Crippen LogP contribution in [0.25, 0.3) is 17.2 Å². The highest BCUT2D eigenvalue weighted by Gasteiger charge is 2.22. The van der Waals surface area contributed by atoms with Gasteiger partial charge in [0.2, 0.25) is 5.91 Å². The minimum Gasteiger partial charge on any atom is -0.493 e. The molecule has 2 aromatic carbocycles. The molecule has 0 radical (unpaired) electrons. The van der Waals surface area contributed by atoms with Crippen molar-refractivity contribution >= 4 is 50.2 Å². The van der Waals surface area contributed by atoms with Crippen molar-refractivity contribution in [2.75, 3.05) is 26.1 Å². The predicted molar refractivity (Wildman–Crippen MR) is 135 cm³/mol. The van der Waals surface area contributed by atoms with Gasteiger partial charge in [0.1, 0.15) is 10.6 Å². The molecule has 0 aliphatic carbocycles. The highest BCUT2D eigenvalue weighted by molar-refractivity contribution is 9.10. The highest BCUT2D eigenvalue weighted by Crippen LogP contribution is 2.37. The molecule has 8 heteroatoms. The molecule has 0 bridgehead atoms. The van der Waals surface area contributed by atoms with Gasteiger partial charge in [-0.2, -0.15) is 0 Å². The van der Waals surface area contributed by atoms with Crippen molar-refractivity contribution < 1.29 is 23.8 Å². The van der Waals surface area contributed by atoms with Crippen molar-refractivity contribution in [3.63, 3.8) is 0 Å². The molecule has 0 spiro atoms. The lowest BCUT2D eigenvalue weighted by Crippen LogP contribution is -2.12. The van der Waals surface area contributed by atoms with Gasteiger partial charge in [0.05, 0.1) is 25.3 Å². The number of ether oxygens (including phenoxy) is 3. The lowest BCUT2D eigenvalue weighted by molar-refractivity contribution is -0.111. The molecule has 0 fully saturated rings. The van der Waals surface area contributed by atoms with Gasteiger partial charge >= 0.3 is 5.97 Å². The number of rotatable bonds is 8. The monoisotopic (exact) mass is 529 g/mol. The number of carbonyl (C=O) groups is 2. The number of hydrogen-bond acceptors (Lipinski definition) is 6. The maximum Gasteiger partial charge on any atom is 0.341 e. The van der Waals surface area contributed by atoms with Gasteiger partial charge in [-0.25, -0.2) is 4.79 Å². The number of nitrogens with one attached hydrogen (secondary N) is 1. The molecule has 3 rings (SSSR count). The van der Waals surface area contributed by atoms with Gasteiger partial charge in [0.15, 0.2) is 11.5 Å². The van der Waals surface area contributed by atoms with Gasteiger partial charge in [0, 0.05) is 17.0 Å². The average molecular weight is 530 g/mol. The van der Waals surface area contributed by atoms with E-state index in [4.69, 9.17) is 14.2 Å². The molecule has 0 unspecified atom stereocenters. The molecular weight excluding hydrogens is 506 g/mol. The number of amides is 1. The van der Waals surface area contributed by atoms with Gasteiger partial charge in [-0.3, -0.25) is 4.79 Å². The second kappa shape index (κ2) is 11.2. The fourth-order valence-corrected chi connectivity index (χ4v) is 4.74. The molecule has 1 heterocycles. The molecule has 3 aromatic rings. The summed E-state index contributed by atoms with van der Waals surface area (Å²) in [7, 11) is 3.10. The minimum atomic E-state index is -0.475. The number of thiophene rings is 1. The fourth-order valence-electron chi connectivity index (χ4n) is 3.16. The van der Waals surface area contributed by atoms with Crippen LogP contribution in [0.4, 0.5) is 5.00 Å². The third-order valence-electron chi connectivity index (χ3n) is 4.75. The zero-order valence-corrected chi connectivity index (χ0v) is 21.1. The quantitative estimate of drug-likeness (QED) is 0.272. The molecule has 172 valence electrons. The molecule has 0 aliphatic rings. The fraction of sp³-hybridized carbons (Fsp3) is 0.200.